The van der Waals surface area contributed by atoms with Crippen molar-refractivity contribution in [1.29, 1.82) is 0 Å². The maximum absolute atomic E-state index is 14.0. The highest BCUT2D eigenvalue weighted by molar-refractivity contribution is 6.02. The summed E-state index contributed by atoms with van der Waals surface area (Å²) in [6, 6.07) is 5.08. The first kappa shape index (κ1) is 25.4. The number of piperidine rings is 1. The van der Waals surface area contributed by atoms with Gasteiger partial charge in [0.2, 0.25) is 5.91 Å². The molecule has 0 radical (unpaired) electrons. The number of carbonyl (C=O) groups is 2. The highest BCUT2D eigenvalue weighted by atomic mass is 16.3. The van der Waals surface area contributed by atoms with E-state index in [1.54, 1.807) is 6.26 Å². The second-order valence-corrected chi connectivity index (χ2v) is 11.8. The van der Waals surface area contributed by atoms with Crippen LogP contribution in [0.25, 0.3) is 11.1 Å². The Labute approximate surface area is 215 Å². The van der Waals surface area contributed by atoms with E-state index in [9.17, 15) is 9.59 Å². The van der Waals surface area contributed by atoms with E-state index >= 15 is 0 Å². The van der Waals surface area contributed by atoms with Crippen LogP contribution in [-0.4, -0.2) is 62.9 Å². The van der Waals surface area contributed by atoms with E-state index in [1.807, 2.05) is 28.5 Å². The Morgan fingerprint density at radius 1 is 1.03 bits per heavy atom. The van der Waals surface area contributed by atoms with Crippen LogP contribution in [0.3, 0.4) is 0 Å². The van der Waals surface area contributed by atoms with Crippen molar-refractivity contribution in [3.63, 3.8) is 0 Å². The fourth-order valence-corrected chi connectivity index (χ4v) is 6.89. The van der Waals surface area contributed by atoms with Crippen molar-refractivity contribution in [2.45, 2.75) is 122 Å². The third kappa shape index (κ3) is 4.83. The Morgan fingerprint density at radius 3 is 2.44 bits per heavy atom. The van der Waals surface area contributed by atoms with Crippen molar-refractivity contribution >= 4 is 22.9 Å². The lowest BCUT2D eigenvalue weighted by atomic mass is 9.91. The standard InChI is InChI=1S/C29H44N4O3/c1-21-11-9-12-22(2)31(21)16-10-17-33-27(34)25-19-26-24(15-18-36-26)32(25)20-29(33,3)28(35)30-23-13-7-5-4-6-8-14-23/h15,18-19,21-23H,4-14,16-17,20H2,1-3H3,(H,30,35)/t21-,22+,29-/m1/s1. The number of fused-ring (bicyclic) bond motifs is 3. The normalized spacial score (nSPS) is 28.6. The monoisotopic (exact) mass is 496 g/mol. The van der Waals surface area contributed by atoms with Crippen molar-refractivity contribution in [3.8, 4) is 0 Å². The minimum absolute atomic E-state index is 0.0165. The Kier molecular flexibility index (Phi) is 7.47. The molecule has 4 heterocycles. The number of carbonyl (C=O) groups excluding carboxylic acids is 2. The van der Waals surface area contributed by atoms with Gasteiger partial charge in [0.1, 0.15) is 11.2 Å². The van der Waals surface area contributed by atoms with Crippen LogP contribution in [0.5, 0.6) is 0 Å². The van der Waals surface area contributed by atoms with Gasteiger partial charge in [0.05, 0.1) is 18.3 Å². The molecule has 0 aromatic carbocycles. The molecule has 0 bridgehead atoms. The molecule has 2 amide bonds. The van der Waals surface area contributed by atoms with Gasteiger partial charge in [-0.2, -0.15) is 0 Å². The number of rotatable bonds is 6. The SMILES string of the molecule is C[C@@H]1CCC[C@H](C)N1CCCN1C(=O)c2cc3occc3n2C[C@]1(C)C(=O)NC1CCCCCCC1. The molecule has 1 aliphatic carbocycles. The fourth-order valence-electron chi connectivity index (χ4n) is 6.89. The number of furan rings is 1. The maximum atomic E-state index is 14.0. The van der Waals surface area contributed by atoms with Crippen molar-refractivity contribution in [2.24, 2.45) is 0 Å². The van der Waals surface area contributed by atoms with Gasteiger partial charge in [-0.25, -0.2) is 0 Å². The largest absolute Gasteiger partial charge is 0.463 e. The topological polar surface area (TPSA) is 70.7 Å². The fraction of sp³-hybridized carbons (Fsp3) is 0.724. The lowest BCUT2D eigenvalue weighted by molar-refractivity contribution is -0.133. The van der Waals surface area contributed by atoms with Crippen molar-refractivity contribution < 1.29 is 14.0 Å². The van der Waals surface area contributed by atoms with Crippen LogP contribution >= 0.6 is 0 Å². The third-order valence-corrected chi connectivity index (χ3v) is 9.15. The van der Waals surface area contributed by atoms with Crippen molar-refractivity contribution in [3.05, 3.63) is 24.1 Å². The van der Waals surface area contributed by atoms with Crippen LogP contribution < -0.4 is 5.32 Å². The minimum Gasteiger partial charge on any atom is -0.463 e. The highest BCUT2D eigenvalue weighted by Gasteiger charge is 2.48. The first-order valence-corrected chi connectivity index (χ1v) is 14.3. The van der Waals surface area contributed by atoms with Gasteiger partial charge in [-0.05, 0) is 52.9 Å². The molecule has 5 rings (SSSR count). The lowest BCUT2D eigenvalue weighted by Crippen LogP contribution is -2.65. The van der Waals surface area contributed by atoms with Gasteiger partial charge >= 0.3 is 0 Å². The average Bonchev–Trinajstić information content (AvgIpc) is 3.42. The molecule has 7 heteroatoms. The van der Waals surface area contributed by atoms with E-state index in [0.717, 1.165) is 44.2 Å². The van der Waals surface area contributed by atoms with Gasteiger partial charge < -0.3 is 19.2 Å². The molecule has 2 aromatic rings. The number of hydrogen-bond acceptors (Lipinski definition) is 4. The van der Waals surface area contributed by atoms with Gasteiger partial charge in [-0.3, -0.25) is 14.5 Å². The molecular formula is C29H44N4O3. The highest BCUT2D eigenvalue weighted by Crippen LogP contribution is 2.33. The van der Waals surface area contributed by atoms with E-state index in [-0.39, 0.29) is 17.9 Å². The van der Waals surface area contributed by atoms with Gasteiger partial charge in [-0.15, -0.1) is 0 Å². The molecule has 198 valence electrons. The third-order valence-electron chi connectivity index (χ3n) is 9.15. The Bertz CT molecular complexity index is 1060. The van der Waals surface area contributed by atoms with E-state index in [1.165, 1.54) is 38.5 Å². The molecule has 0 spiro atoms. The quantitative estimate of drug-likeness (QED) is 0.587. The molecule has 2 aromatic heterocycles. The smallest absolute Gasteiger partial charge is 0.271 e. The molecule has 3 aliphatic rings. The lowest BCUT2D eigenvalue weighted by Gasteiger charge is -2.45. The van der Waals surface area contributed by atoms with Gasteiger partial charge in [-0.1, -0.05) is 38.5 Å². The molecule has 2 aliphatic heterocycles. The zero-order chi connectivity index (χ0) is 25.3. The van der Waals surface area contributed by atoms with Crippen LogP contribution in [-0.2, 0) is 11.3 Å². The Morgan fingerprint density at radius 2 is 1.72 bits per heavy atom. The molecule has 36 heavy (non-hydrogen) atoms. The average molecular weight is 497 g/mol. The summed E-state index contributed by atoms with van der Waals surface area (Å²) in [5, 5.41) is 3.39. The first-order valence-electron chi connectivity index (χ1n) is 14.3. The number of hydrogen-bond donors (Lipinski definition) is 1. The Hall–Kier alpha value is -2.28. The van der Waals surface area contributed by atoms with Crippen molar-refractivity contribution in [1.82, 2.24) is 19.7 Å². The van der Waals surface area contributed by atoms with Crippen LogP contribution in [0.4, 0.5) is 0 Å². The predicted molar refractivity (Wildman–Crippen MR) is 142 cm³/mol. The minimum atomic E-state index is -0.936. The number of likely N-dealkylation sites (tertiary alicyclic amines) is 1. The van der Waals surface area contributed by atoms with E-state index in [2.05, 4.69) is 24.1 Å². The molecule has 7 nitrogen and oxygen atoms in total. The van der Waals surface area contributed by atoms with Crippen LogP contribution in [0.2, 0.25) is 0 Å². The summed E-state index contributed by atoms with van der Waals surface area (Å²) < 4.78 is 7.61. The molecule has 1 saturated heterocycles. The number of amides is 2. The summed E-state index contributed by atoms with van der Waals surface area (Å²) >= 11 is 0. The second-order valence-electron chi connectivity index (χ2n) is 11.8. The number of aromatic nitrogens is 1. The summed E-state index contributed by atoms with van der Waals surface area (Å²) in [5.41, 5.74) is 1.28. The van der Waals surface area contributed by atoms with Crippen LogP contribution in [0.1, 0.15) is 102 Å². The second kappa shape index (κ2) is 10.6. The van der Waals surface area contributed by atoms with E-state index in [0.29, 0.717) is 36.5 Å². The summed E-state index contributed by atoms with van der Waals surface area (Å²) in [7, 11) is 0. The zero-order valence-electron chi connectivity index (χ0n) is 22.4. The number of nitrogens with zero attached hydrogens (tertiary/aromatic N) is 3. The summed E-state index contributed by atoms with van der Waals surface area (Å²) in [5.74, 6) is -0.0835. The zero-order valence-corrected chi connectivity index (χ0v) is 22.4. The van der Waals surface area contributed by atoms with Crippen molar-refractivity contribution in [2.75, 3.05) is 13.1 Å². The Balaban J connectivity index is 1.37. The van der Waals surface area contributed by atoms with E-state index < -0.39 is 5.54 Å². The molecule has 3 atom stereocenters. The van der Waals surface area contributed by atoms with Gasteiger partial charge in [0, 0.05) is 43.3 Å². The molecular weight excluding hydrogens is 452 g/mol. The first-order chi connectivity index (χ1) is 17.4. The summed E-state index contributed by atoms with van der Waals surface area (Å²) in [6.07, 6.45) is 14.4. The molecule has 0 unspecified atom stereocenters. The number of nitrogens with one attached hydrogen (secondary N) is 1. The molecule has 1 N–H and O–H groups in total. The predicted octanol–water partition coefficient (Wildman–Crippen LogP) is 5.33. The molecule has 1 saturated carbocycles. The van der Waals surface area contributed by atoms with Crippen LogP contribution in [0, 0.1) is 0 Å². The van der Waals surface area contributed by atoms with E-state index in [4.69, 9.17) is 4.42 Å². The summed E-state index contributed by atoms with van der Waals surface area (Å²) in [4.78, 5) is 32.3. The van der Waals surface area contributed by atoms with Gasteiger partial charge in [0.25, 0.3) is 5.91 Å². The maximum Gasteiger partial charge on any atom is 0.271 e. The van der Waals surface area contributed by atoms with Crippen LogP contribution in [0.15, 0.2) is 22.8 Å². The molecule has 2 fully saturated rings. The van der Waals surface area contributed by atoms with Gasteiger partial charge in [0.15, 0.2) is 5.58 Å². The summed E-state index contributed by atoms with van der Waals surface area (Å²) in [6.45, 7) is 8.58.